The molecule has 0 amide bonds. The van der Waals surface area contributed by atoms with E-state index in [2.05, 4.69) is 41.3 Å². The first-order valence-corrected chi connectivity index (χ1v) is 7.79. The molecule has 3 nitrogen and oxygen atoms in total. The number of nitrogens with two attached hydrogens (primary N) is 1. The van der Waals surface area contributed by atoms with E-state index in [1.807, 2.05) is 0 Å². The summed E-state index contributed by atoms with van der Waals surface area (Å²) in [4.78, 5) is 2.54. The third-order valence-corrected chi connectivity index (χ3v) is 4.63. The number of likely N-dealkylation sites (tertiary alicyclic amines) is 1. The second kappa shape index (κ2) is 6.46. The van der Waals surface area contributed by atoms with E-state index < -0.39 is 0 Å². The number of benzene rings is 2. The molecule has 2 N–H and O–H groups in total. The van der Waals surface area contributed by atoms with Crippen LogP contribution in [0.5, 0.6) is 5.75 Å². The second-order valence-corrected chi connectivity index (χ2v) is 5.93. The number of hydrogen-bond donors (Lipinski definition) is 1. The van der Waals surface area contributed by atoms with Crippen LogP contribution in [0.4, 0.5) is 0 Å². The van der Waals surface area contributed by atoms with Crippen LogP contribution < -0.4 is 10.5 Å². The maximum absolute atomic E-state index is 5.78. The van der Waals surface area contributed by atoms with Gasteiger partial charge in [-0.15, -0.1) is 0 Å². The lowest BCUT2D eigenvalue weighted by molar-refractivity contribution is 0.181. The first-order chi connectivity index (χ1) is 10.3. The van der Waals surface area contributed by atoms with Gasteiger partial charge in [-0.1, -0.05) is 30.3 Å². The molecule has 1 heterocycles. The van der Waals surface area contributed by atoms with Crippen molar-refractivity contribution in [3.8, 4) is 5.75 Å². The van der Waals surface area contributed by atoms with E-state index >= 15 is 0 Å². The molecule has 2 aromatic carbocycles. The first kappa shape index (κ1) is 14.4. The highest BCUT2D eigenvalue weighted by molar-refractivity contribution is 5.91. The van der Waals surface area contributed by atoms with Gasteiger partial charge in [0, 0.05) is 11.9 Å². The Morgan fingerprint density at radius 1 is 1.10 bits per heavy atom. The fourth-order valence-electron chi connectivity index (χ4n) is 3.27. The zero-order valence-electron chi connectivity index (χ0n) is 12.7. The third-order valence-electron chi connectivity index (χ3n) is 4.63. The molecule has 2 aromatic rings. The summed E-state index contributed by atoms with van der Waals surface area (Å²) in [5.74, 6) is 1.67. The number of ether oxygens (including phenoxy) is 1. The van der Waals surface area contributed by atoms with Crippen LogP contribution in [-0.4, -0.2) is 31.6 Å². The number of rotatable bonds is 4. The molecule has 0 aromatic heterocycles. The maximum Gasteiger partial charge on any atom is 0.126 e. The summed E-state index contributed by atoms with van der Waals surface area (Å²) in [5, 5.41) is 2.51. The third kappa shape index (κ3) is 3.04. The second-order valence-electron chi connectivity index (χ2n) is 5.93. The summed E-state index contributed by atoms with van der Waals surface area (Å²) in [6, 6.07) is 12.8. The van der Waals surface area contributed by atoms with Gasteiger partial charge in [0.2, 0.25) is 0 Å². The predicted molar refractivity (Wildman–Crippen MR) is 87.6 cm³/mol. The molecule has 1 saturated heterocycles. The van der Waals surface area contributed by atoms with Crippen molar-refractivity contribution < 1.29 is 4.74 Å². The Hall–Kier alpha value is -1.58. The van der Waals surface area contributed by atoms with Crippen molar-refractivity contribution in [1.29, 1.82) is 0 Å². The Bertz CT molecular complexity index is 603. The molecule has 0 aliphatic carbocycles. The van der Waals surface area contributed by atoms with E-state index in [0.717, 1.165) is 31.9 Å². The van der Waals surface area contributed by atoms with E-state index in [0.29, 0.717) is 5.92 Å². The Morgan fingerprint density at radius 2 is 1.81 bits per heavy atom. The van der Waals surface area contributed by atoms with Crippen LogP contribution in [0.3, 0.4) is 0 Å². The number of piperidine rings is 1. The molecule has 1 aliphatic heterocycles. The summed E-state index contributed by atoms with van der Waals surface area (Å²) >= 11 is 0. The van der Waals surface area contributed by atoms with Crippen LogP contribution >= 0.6 is 0 Å². The molecule has 0 atom stereocenters. The van der Waals surface area contributed by atoms with E-state index in [4.69, 9.17) is 10.5 Å². The van der Waals surface area contributed by atoms with Crippen LogP contribution in [-0.2, 0) is 6.54 Å². The fourth-order valence-corrected chi connectivity index (χ4v) is 3.27. The number of fused-ring (bicyclic) bond motifs is 1. The maximum atomic E-state index is 5.78. The number of hydrogen-bond acceptors (Lipinski definition) is 3. The lowest BCUT2D eigenvalue weighted by Crippen LogP contribution is -2.35. The Morgan fingerprint density at radius 3 is 2.48 bits per heavy atom. The average Bonchev–Trinajstić information content (AvgIpc) is 2.56. The van der Waals surface area contributed by atoms with E-state index in [-0.39, 0.29) is 0 Å². The molecule has 3 rings (SSSR count). The van der Waals surface area contributed by atoms with Gasteiger partial charge in [0.15, 0.2) is 0 Å². The van der Waals surface area contributed by atoms with Crippen molar-refractivity contribution in [2.24, 2.45) is 11.7 Å². The molecule has 0 bridgehead atoms. The highest BCUT2D eigenvalue weighted by Crippen LogP contribution is 2.29. The standard InChI is InChI=1S/C18H24N2O/c1-21-18-7-6-15(16-4-2-3-5-17(16)18)13-20-10-8-14(12-19)9-11-20/h2-7,14H,8-13,19H2,1H3. The van der Waals surface area contributed by atoms with Gasteiger partial charge < -0.3 is 10.5 Å². The zero-order chi connectivity index (χ0) is 14.7. The highest BCUT2D eigenvalue weighted by Gasteiger charge is 2.18. The van der Waals surface area contributed by atoms with E-state index in [1.54, 1.807) is 7.11 Å². The van der Waals surface area contributed by atoms with E-state index in [9.17, 15) is 0 Å². The van der Waals surface area contributed by atoms with Crippen molar-refractivity contribution in [3.63, 3.8) is 0 Å². The Kier molecular flexibility index (Phi) is 4.42. The number of methoxy groups -OCH3 is 1. The van der Waals surface area contributed by atoms with Crippen molar-refractivity contribution in [1.82, 2.24) is 4.90 Å². The molecule has 0 radical (unpaired) electrons. The summed E-state index contributed by atoms with van der Waals surface area (Å²) in [6.45, 7) is 4.16. The van der Waals surface area contributed by atoms with Gasteiger partial charge in [0.1, 0.15) is 5.75 Å². The molecule has 1 fully saturated rings. The Labute approximate surface area is 126 Å². The quantitative estimate of drug-likeness (QED) is 0.938. The minimum absolute atomic E-state index is 0.717. The van der Waals surface area contributed by atoms with Crippen LogP contribution in [0.2, 0.25) is 0 Å². The van der Waals surface area contributed by atoms with Crippen molar-refractivity contribution in [2.75, 3.05) is 26.7 Å². The first-order valence-electron chi connectivity index (χ1n) is 7.79. The molecular formula is C18H24N2O. The lowest BCUT2D eigenvalue weighted by atomic mass is 9.96. The topological polar surface area (TPSA) is 38.5 Å². The molecule has 0 spiro atoms. The monoisotopic (exact) mass is 284 g/mol. The van der Waals surface area contributed by atoms with Crippen LogP contribution in [0.25, 0.3) is 10.8 Å². The van der Waals surface area contributed by atoms with Gasteiger partial charge >= 0.3 is 0 Å². The van der Waals surface area contributed by atoms with Gasteiger partial charge in [-0.05, 0) is 55.4 Å². The van der Waals surface area contributed by atoms with Crippen LogP contribution in [0.15, 0.2) is 36.4 Å². The molecule has 21 heavy (non-hydrogen) atoms. The van der Waals surface area contributed by atoms with Crippen LogP contribution in [0.1, 0.15) is 18.4 Å². The normalized spacial score (nSPS) is 17.2. The van der Waals surface area contributed by atoms with Crippen molar-refractivity contribution >= 4 is 10.8 Å². The fraction of sp³-hybridized carbons (Fsp3) is 0.444. The van der Waals surface area contributed by atoms with Crippen molar-refractivity contribution in [3.05, 3.63) is 42.0 Å². The largest absolute Gasteiger partial charge is 0.496 e. The van der Waals surface area contributed by atoms with Gasteiger partial charge in [-0.3, -0.25) is 4.90 Å². The number of nitrogens with zero attached hydrogens (tertiary/aromatic N) is 1. The van der Waals surface area contributed by atoms with Gasteiger partial charge in [-0.2, -0.15) is 0 Å². The summed E-state index contributed by atoms with van der Waals surface area (Å²) < 4.78 is 5.47. The van der Waals surface area contributed by atoms with Crippen LogP contribution in [0, 0.1) is 5.92 Å². The summed E-state index contributed by atoms with van der Waals surface area (Å²) in [6.07, 6.45) is 2.45. The predicted octanol–water partition coefficient (Wildman–Crippen LogP) is 3.02. The highest BCUT2D eigenvalue weighted by atomic mass is 16.5. The van der Waals surface area contributed by atoms with Gasteiger partial charge in [0.05, 0.1) is 7.11 Å². The van der Waals surface area contributed by atoms with Gasteiger partial charge in [-0.25, -0.2) is 0 Å². The molecule has 0 unspecified atom stereocenters. The SMILES string of the molecule is COc1ccc(CN2CCC(CN)CC2)c2ccccc12. The molecule has 0 saturated carbocycles. The average molecular weight is 284 g/mol. The molecule has 3 heteroatoms. The summed E-state index contributed by atoms with van der Waals surface area (Å²) in [7, 11) is 1.74. The zero-order valence-corrected chi connectivity index (χ0v) is 12.7. The molecular weight excluding hydrogens is 260 g/mol. The minimum Gasteiger partial charge on any atom is -0.496 e. The molecule has 112 valence electrons. The van der Waals surface area contributed by atoms with E-state index in [1.165, 1.54) is 29.2 Å². The Balaban J connectivity index is 1.82. The smallest absolute Gasteiger partial charge is 0.126 e. The minimum atomic E-state index is 0.717. The summed E-state index contributed by atoms with van der Waals surface area (Å²) in [5.41, 5.74) is 7.16. The molecule has 1 aliphatic rings. The lowest BCUT2D eigenvalue weighted by Gasteiger charge is -2.31. The van der Waals surface area contributed by atoms with Gasteiger partial charge in [0.25, 0.3) is 0 Å². The van der Waals surface area contributed by atoms with Crippen molar-refractivity contribution in [2.45, 2.75) is 19.4 Å².